The summed E-state index contributed by atoms with van der Waals surface area (Å²) in [7, 11) is 1.97. The molecule has 22 heavy (non-hydrogen) atoms. The first-order valence-corrected chi connectivity index (χ1v) is 7.96. The Morgan fingerprint density at radius 2 is 2.18 bits per heavy atom. The molecule has 2 rings (SSSR count). The molecule has 1 fully saturated rings. The summed E-state index contributed by atoms with van der Waals surface area (Å²) in [5.74, 6) is -0.173. The monoisotopic (exact) mass is 308 g/mol. The number of aliphatic hydroxyl groups is 1. The van der Waals surface area contributed by atoms with Crippen molar-refractivity contribution in [2.24, 2.45) is 5.92 Å². The molecule has 0 unspecified atom stereocenters. The van der Waals surface area contributed by atoms with Crippen LogP contribution in [0.2, 0.25) is 0 Å². The molecule has 1 aliphatic carbocycles. The molecule has 1 aromatic carbocycles. The number of benzene rings is 1. The number of nitrogens with one attached hydrogen (secondary N) is 1. The number of hydrogen-bond acceptors (Lipinski definition) is 3. The largest absolute Gasteiger partial charge is 0.393 e. The van der Waals surface area contributed by atoms with E-state index in [1.54, 1.807) is 12.1 Å². The zero-order chi connectivity index (χ0) is 15.9. The molecule has 4 nitrogen and oxygen atoms in total. The Bertz CT molecular complexity index is 495. The van der Waals surface area contributed by atoms with E-state index in [2.05, 4.69) is 10.2 Å². The Morgan fingerprint density at radius 3 is 2.91 bits per heavy atom. The van der Waals surface area contributed by atoms with Crippen molar-refractivity contribution >= 4 is 11.6 Å². The van der Waals surface area contributed by atoms with Crippen molar-refractivity contribution in [2.45, 2.75) is 38.2 Å². The van der Waals surface area contributed by atoms with Gasteiger partial charge in [-0.2, -0.15) is 0 Å². The van der Waals surface area contributed by atoms with Crippen LogP contribution in [0.1, 0.15) is 32.1 Å². The molecule has 0 heterocycles. The second kappa shape index (κ2) is 8.25. The second-order valence-corrected chi connectivity index (χ2v) is 6.18. The molecule has 0 bridgehead atoms. The van der Waals surface area contributed by atoms with Crippen LogP contribution in [0.3, 0.4) is 0 Å². The summed E-state index contributed by atoms with van der Waals surface area (Å²) in [4.78, 5) is 14.0. The maximum absolute atomic E-state index is 13.0. The normalized spacial score (nSPS) is 21.8. The number of halogens is 1. The number of nitrogens with zero attached hydrogens (tertiary/aromatic N) is 1. The van der Waals surface area contributed by atoms with E-state index in [0.29, 0.717) is 24.6 Å². The van der Waals surface area contributed by atoms with Crippen molar-refractivity contribution in [3.63, 3.8) is 0 Å². The lowest BCUT2D eigenvalue weighted by Crippen LogP contribution is -2.36. The van der Waals surface area contributed by atoms with E-state index in [-0.39, 0.29) is 17.8 Å². The molecule has 1 aromatic rings. The maximum atomic E-state index is 13.0. The van der Waals surface area contributed by atoms with E-state index in [1.165, 1.54) is 18.6 Å². The number of carbonyl (C=O) groups excluding carboxylic acids is 1. The highest BCUT2D eigenvalue weighted by Crippen LogP contribution is 2.24. The molecule has 0 aliphatic heterocycles. The molecule has 1 aliphatic rings. The Kier molecular flexibility index (Phi) is 6.34. The molecular weight excluding hydrogens is 283 g/mol. The summed E-state index contributed by atoms with van der Waals surface area (Å²) in [6.45, 7) is 1.44. The lowest BCUT2D eigenvalue weighted by molar-refractivity contribution is -0.116. The van der Waals surface area contributed by atoms with Gasteiger partial charge in [0.1, 0.15) is 5.82 Å². The first kappa shape index (κ1) is 16.9. The fourth-order valence-electron chi connectivity index (χ4n) is 2.97. The highest BCUT2D eigenvalue weighted by Gasteiger charge is 2.24. The number of hydrogen-bond donors (Lipinski definition) is 2. The zero-order valence-electron chi connectivity index (χ0n) is 13.1. The highest BCUT2D eigenvalue weighted by molar-refractivity contribution is 5.90. The summed E-state index contributed by atoms with van der Waals surface area (Å²) >= 11 is 0. The van der Waals surface area contributed by atoms with Crippen LogP contribution in [0.5, 0.6) is 0 Å². The first-order valence-electron chi connectivity index (χ1n) is 7.96. The average molecular weight is 308 g/mol. The molecule has 122 valence electrons. The molecule has 1 saturated carbocycles. The van der Waals surface area contributed by atoms with Gasteiger partial charge in [0.2, 0.25) is 5.91 Å². The summed E-state index contributed by atoms with van der Waals surface area (Å²) in [5.41, 5.74) is 0.482. The van der Waals surface area contributed by atoms with E-state index in [0.717, 1.165) is 25.8 Å². The first-order chi connectivity index (χ1) is 10.5. The zero-order valence-corrected chi connectivity index (χ0v) is 13.1. The van der Waals surface area contributed by atoms with E-state index < -0.39 is 0 Å². The molecule has 5 heteroatoms. The predicted octanol–water partition coefficient (Wildman–Crippen LogP) is 2.64. The van der Waals surface area contributed by atoms with Gasteiger partial charge in [-0.25, -0.2) is 4.39 Å². The van der Waals surface area contributed by atoms with Gasteiger partial charge in [-0.1, -0.05) is 18.9 Å². The van der Waals surface area contributed by atoms with E-state index in [9.17, 15) is 14.3 Å². The van der Waals surface area contributed by atoms with Gasteiger partial charge < -0.3 is 15.3 Å². The quantitative estimate of drug-likeness (QED) is 0.849. The number of anilines is 1. The third kappa shape index (κ3) is 5.39. The van der Waals surface area contributed by atoms with Crippen molar-refractivity contribution in [2.75, 3.05) is 25.5 Å². The van der Waals surface area contributed by atoms with E-state index in [1.807, 2.05) is 7.05 Å². The molecule has 2 atom stereocenters. The summed E-state index contributed by atoms with van der Waals surface area (Å²) in [6, 6.07) is 5.89. The molecule has 0 saturated heterocycles. The fourth-order valence-corrected chi connectivity index (χ4v) is 2.97. The standard InChI is InChI=1S/C17H25FN2O2/c1-20(12-13-5-2-3-8-16(13)21)10-9-17(22)19-15-7-4-6-14(18)11-15/h4,6-7,11,13,16,21H,2-3,5,8-10,12H2,1H3,(H,19,22)/t13-,16-/m0/s1. The highest BCUT2D eigenvalue weighted by atomic mass is 19.1. The van der Waals surface area contributed by atoms with Gasteiger partial charge in [0, 0.05) is 25.2 Å². The van der Waals surface area contributed by atoms with Crippen molar-refractivity contribution in [3.05, 3.63) is 30.1 Å². The van der Waals surface area contributed by atoms with E-state index >= 15 is 0 Å². The number of aliphatic hydroxyl groups excluding tert-OH is 1. The van der Waals surface area contributed by atoms with Crippen LogP contribution in [0, 0.1) is 11.7 Å². The molecule has 0 aromatic heterocycles. The van der Waals surface area contributed by atoms with Crippen LogP contribution in [0.4, 0.5) is 10.1 Å². The van der Waals surface area contributed by atoms with Crippen molar-refractivity contribution in [3.8, 4) is 0 Å². The van der Waals surface area contributed by atoms with Crippen LogP contribution in [0.15, 0.2) is 24.3 Å². The van der Waals surface area contributed by atoms with Crippen LogP contribution in [-0.2, 0) is 4.79 Å². The van der Waals surface area contributed by atoms with Crippen LogP contribution < -0.4 is 5.32 Å². The Hall–Kier alpha value is -1.46. The minimum absolute atomic E-state index is 0.123. The topological polar surface area (TPSA) is 52.6 Å². The molecule has 1 amide bonds. The van der Waals surface area contributed by atoms with Crippen LogP contribution >= 0.6 is 0 Å². The SMILES string of the molecule is CN(CCC(=O)Nc1cccc(F)c1)C[C@@H]1CCCC[C@@H]1O. The Balaban J connectivity index is 1.71. The van der Waals surface area contributed by atoms with E-state index in [4.69, 9.17) is 0 Å². The average Bonchev–Trinajstić information content (AvgIpc) is 2.48. The summed E-state index contributed by atoms with van der Waals surface area (Å²) in [6.07, 6.45) is 4.37. The predicted molar refractivity (Wildman–Crippen MR) is 85.1 cm³/mol. The molecule has 2 N–H and O–H groups in total. The molecule has 0 spiro atoms. The van der Waals surface area contributed by atoms with Gasteiger partial charge in [-0.3, -0.25) is 4.79 Å². The minimum Gasteiger partial charge on any atom is -0.393 e. The van der Waals surface area contributed by atoms with Crippen molar-refractivity contribution in [1.29, 1.82) is 0 Å². The summed E-state index contributed by atoms with van der Waals surface area (Å²) in [5, 5.41) is 12.7. The maximum Gasteiger partial charge on any atom is 0.225 e. The van der Waals surface area contributed by atoms with Crippen LogP contribution in [0.25, 0.3) is 0 Å². The fraction of sp³-hybridized carbons (Fsp3) is 0.588. The lowest BCUT2D eigenvalue weighted by atomic mass is 9.86. The summed E-state index contributed by atoms with van der Waals surface area (Å²) < 4.78 is 13.0. The van der Waals surface area contributed by atoms with Gasteiger partial charge in [0.05, 0.1) is 6.10 Å². The molecular formula is C17H25FN2O2. The molecule has 0 radical (unpaired) electrons. The van der Waals surface area contributed by atoms with Crippen molar-refractivity contribution in [1.82, 2.24) is 4.90 Å². The third-order valence-corrected chi connectivity index (χ3v) is 4.24. The number of carbonyl (C=O) groups is 1. The Labute approximate surface area is 131 Å². The number of amides is 1. The van der Waals surface area contributed by atoms with Crippen molar-refractivity contribution < 1.29 is 14.3 Å². The smallest absolute Gasteiger partial charge is 0.225 e. The Morgan fingerprint density at radius 1 is 1.41 bits per heavy atom. The third-order valence-electron chi connectivity index (χ3n) is 4.24. The van der Waals surface area contributed by atoms with Crippen LogP contribution in [-0.4, -0.2) is 42.2 Å². The second-order valence-electron chi connectivity index (χ2n) is 6.18. The van der Waals surface area contributed by atoms with Gasteiger partial charge in [-0.15, -0.1) is 0 Å². The lowest BCUT2D eigenvalue weighted by Gasteiger charge is -2.31. The van der Waals surface area contributed by atoms with Gasteiger partial charge in [0.15, 0.2) is 0 Å². The number of rotatable bonds is 6. The van der Waals surface area contributed by atoms with Gasteiger partial charge >= 0.3 is 0 Å². The van der Waals surface area contributed by atoms with Gasteiger partial charge in [-0.05, 0) is 44.0 Å². The minimum atomic E-state index is -0.360. The van der Waals surface area contributed by atoms with Gasteiger partial charge in [0.25, 0.3) is 0 Å².